The van der Waals surface area contributed by atoms with Crippen molar-refractivity contribution in [2.24, 2.45) is 0 Å². The molecule has 0 aromatic carbocycles. The normalized spacial score (nSPS) is 10.7. The van der Waals surface area contributed by atoms with Crippen LogP contribution < -0.4 is 5.09 Å². The van der Waals surface area contributed by atoms with E-state index in [1.165, 1.54) is 17.9 Å². The lowest BCUT2D eigenvalue weighted by atomic mass is 10.8. The highest BCUT2D eigenvalue weighted by atomic mass is 35.9. The summed E-state index contributed by atoms with van der Waals surface area (Å²) in [5.74, 6) is -0.192. The van der Waals surface area contributed by atoms with Gasteiger partial charge in [-0.3, -0.25) is 9.88 Å². The van der Waals surface area contributed by atoms with E-state index in [0.29, 0.717) is 0 Å². The first-order valence-corrected chi connectivity index (χ1v) is 7.54. The second-order valence-corrected chi connectivity index (χ2v) is 10.3. The van der Waals surface area contributed by atoms with Gasteiger partial charge < -0.3 is 0 Å². The predicted molar refractivity (Wildman–Crippen MR) is 45.7 cm³/mol. The topological polar surface area (TPSA) is 29.1 Å². The summed E-state index contributed by atoms with van der Waals surface area (Å²) in [7, 11) is 1.27. The molecule has 0 aliphatic rings. The third-order valence-corrected chi connectivity index (χ3v) is 6.19. The van der Waals surface area contributed by atoms with E-state index in [4.69, 9.17) is 22.5 Å². The zero-order valence-corrected chi connectivity index (χ0v) is 8.24. The van der Waals surface area contributed by atoms with Crippen molar-refractivity contribution in [3.8, 4) is 0 Å². The number of carbonyl (C=O) groups is 1. The molecular weight excluding hydrogens is 200 g/mol. The van der Waals surface area contributed by atoms with Gasteiger partial charge in [-0.2, -0.15) is 0 Å². The number of hydrogen-bond donors (Lipinski definition) is 1. The lowest BCUT2D eigenvalue weighted by molar-refractivity contribution is -0.117. The average Bonchev–Trinajstić information content (AvgIpc) is 1.63. The fourth-order valence-electron chi connectivity index (χ4n) is 0.229. The lowest BCUT2D eigenvalue weighted by Gasteiger charge is -1.96. The summed E-state index contributed by atoms with van der Waals surface area (Å²) in [5.41, 5.74) is 0. The highest BCUT2D eigenvalue weighted by molar-refractivity contribution is 8.43. The molecule has 0 aromatic heterocycles. The van der Waals surface area contributed by atoms with Gasteiger partial charge in [-0.15, -0.1) is 0 Å². The molecule has 0 heterocycles. The van der Waals surface area contributed by atoms with Gasteiger partial charge in [0.05, 0.1) is 0 Å². The smallest absolute Gasteiger partial charge is 0.275 e. The molecule has 0 bridgehead atoms. The third kappa shape index (κ3) is 5.16. The van der Waals surface area contributed by atoms with E-state index in [0.717, 1.165) is 0 Å². The number of amides is 1. The molecule has 1 amide bonds. The number of carbonyl (C=O) groups excluding carboxylic acids is 1. The van der Waals surface area contributed by atoms with Crippen molar-refractivity contribution in [1.29, 1.82) is 0 Å². The Labute approximate surface area is 67.5 Å². The molecule has 1 N–H and O–H groups in total. The van der Waals surface area contributed by atoms with Crippen molar-refractivity contribution in [2.45, 2.75) is 6.92 Å². The molecule has 0 unspecified atom stereocenters. The Morgan fingerprint density at radius 2 is 2.11 bits per heavy atom. The molecule has 0 atom stereocenters. The Balaban J connectivity index is 4.05. The highest BCUT2D eigenvalue weighted by Crippen LogP contribution is 2.54. The molecule has 0 radical (unpaired) electrons. The van der Waals surface area contributed by atoms with Gasteiger partial charge in [-0.25, -0.2) is 0 Å². The third-order valence-electron chi connectivity index (χ3n) is 0.517. The Kier molecular flexibility index (Phi) is 4.06. The first kappa shape index (κ1) is 9.70. The standard InChI is InChI=1S/C3H6Cl2NOPS/c1-3(7)6-8(4,5)9-2/h1-2H3/p+1. The largest absolute Gasteiger partial charge is 0.388 e. The summed E-state index contributed by atoms with van der Waals surface area (Å²) in [6.45, 7) is 1.38. The molecule has 0 fully saturated rings. The maximum absolute atomic E-state index is 10.4. The summed E-state index contributed by atoms with van der Waals surface area (Å²) in [5, 5.41) is 2.43. The van der Waals surface area contributed by atoms with Crippen molar-refractivity contribution in [2.75, 3.05) is 6.26 Å². The highest BCUT2D eigenvalue weighted by Gasteiger charge is 2.21. The Hall–Kier alpha value is 0.700. The van der Waals surface area contributed by atoms with Crippen LogP contribution in [-0.4, -0.2) is 12.2 Å². The van der Waals surface area contributed by atoms with Crippen LogP contribution in [0.4, 0.5) is 0 Å². The van der Waals surface area contributed by atoms with Gasteiger partial charge >= 0.3 is 4.89 Å². The van der Waals surface area contributed by atoms with Crippen LogP contribution in [0.2, 0.25) is 0 Å². The average molecular weight is 207 g/mol. The molecule has 0 aliphatic carbocycles. The fourth-order valence-corrected chi connectivity index (χ4v) is 2.06. The van der Waals surface area contributed by atoms with E-state index >= 15 is 0 Å². The SMILES string of the molecule is C[S+]=P(Cl)(Cl)NC(C)=O. The fraction of sp³-hybridized carbons (Fsp3) is 0.667. The second-order valence-electron chi connectivity index (χ2n) is 1.31. The molecule has 54 valence electrons. The molecule has 0 aromatic rings. The van der Waals surface area contributed by atoms with Gasteiger partial charge in [0.25, 0.3) is 0 Å². The van der Waals surface area contributed by atoms with Crippen LogP contribution in [0.3, 0.4) is 0 Å². The number of nitrogens with one attached hydrogen (secondary N) is 1. The summed E-state index contributed by atoms with van der Waals surface area (Å²) in [4.78, 5) is 8.13. The molecule has 0 aliphatic heterocycles. The molecular formula is C3H7Cl2NOPS+. The van der Waals surface area contributed by atoms with Crippen LogP contribution in [0.5, 0.6) is 0 Å². The Morgan fingerprint density at radius 1 is 1.67 bits per heavy atom. The van der Waals surface area contributed by atoms with Crippen LogP contribution in [0.1, 0.15) is 6.92 Å². The van der Waals surface area contributed by atoms with E-state index in [1.54, 1.807) is 6.26 Å². The minimum absolute atomic E-state index is 0.192. The summed E-state index contributed by atoms with van der Waals surface area (Å²) >= 11 is 11.2. The maximum atomic E-state index is 10.4. The molecule has 6 heteroatoms. The molecule has 0 spiro atoms. The van der Waals surface area contributed by atoms with Crippen LogP contribution >= 0.6 is 27.4 Å². The minimum atomic E-state index is -2.22. The van der Waals surface area contributed by atoms with E-state index < -0.39 is 4.89 Å². The van der Waals surface area contributed by atoms with Crippen LogP contribution in [0.25, 0.3) is 0 Å². The molecule has 0 saturated carbocycles. The Morgan fingerprint density at radius 3 is 2.22 bits per heavy atom. The van der Waals surface area contributed by atoms with Gasteiger partial charge in [-0.05, 0) is 0 Å². The van der Waals surface area contributed by atoms with E-state index in [-0.39, 0.29) is 5.91 Å². The van der Waals surface area contributed by atoms with Crippen LogP contribution in [0.15, 0.2) is 0 Å². The molecule has 0 saturated heterocycles. The van der Waals surface area contributed by atoms with Crippen molar-refractivity contribution >= 4 is 44.2 Å². The lowest BCUT2D eigenvalue weighted by Crippen LogP contribution is -2.11. The summed E-state index contributed by atoms with van der Waals surface area (Å²) < 4.78 is 0. The van der Waals surface area contributed by atoms with E-state index in [1.807, 2.05) is 0 Å². The van der Waals surface area contributed by atoms with Crippen molar-refractivity contribution in [3.05, 3.63) is 0 Å². The van der Waals surface area contributed by atoms with Crippen molar-refractivity contribution in [1.82, 2.24) is 5.09 Å². The van der Waals surface area contributed by atoms with Crippen molar-refractivity contribution < 1.29 is 4.79 Å². The molecule has 9 heavy (non-hydrogen) atoms. The van der Waals surface area contributed by atoms with E-state index in [9.17, 15) is 4.79 Å². The van der Waals surface area contributed by atoms with Crippen molar-refractivity contribution in [3.63, 3.8) is 0 Å². The molecule has 0 rings (SSSR count). The number of halogens is 2. The zero-order valence-electron chi connectivity index (χ0n) is 5.02. The summed E-state index contributed by atoms with van der Waals surface area (Å²) in [6.07, 6.45) is 1.75. The second kappa shape index (κ2) is 3.77. The maximum Gasteiger partial charge on any atom is 0.388 e. The van der Waals surface area contributed by atoms with E-state index in [2.05, 4.69) is 5.09 Å². The van der Waals surface area contributed by atoms with Crippen LogP contribution in [-0.2, 0) is 15.7 Å². The van der Waals surface area contributed by atoms with Crippen LogP contribution in [0, 0.1) is 0 Å². The van der Waals surface area contributed by atoms with Gasteiger partial charge in [0, 0.05) is 29.4 Å². The monoisotopic (exact) mass is 206 g/mol. The first-order valence-electron chi connectivity index (χ1n) is 2.11. The van der Waals surface area contributed by atoms with Gasteiger partial charge in [-0.1, -0.05) is 0 Å². The minimum Gasteiger partial charge on any atom is -0.275 e. The predicted octanol–water partition coefficient (Wildman–Crippen LogP) is 1.99. The number of hydrogen-bond acceptors (Lipinski definition) is 1. The quantitative estimate of drug-likeness (QED) is 0.517. The Bertz CT molecular complexity index is 165. The zero-order chi connectivity index (χ0) is 7.49. The first-order chi connectivity index (χ1) is 3.98. The van der Waals surface area contributed by atoms with Gasteiger partial charge in [0.1, 0.15) is 0 Å². The van der Waals surface area contributed by atoms with Gasteiger partial charge in [0.15, 0.2) is 17.2 Å². The summed E-state index contributed by atoms with van der Waals surface area (Å²) in [6, 6.07) is 0. The van der Waals surface area contributed by atoms with Gasteiger partial charge in [0.2, 0.25) is 5.91 Å². The molecule has 2 nitrogen and oxygen atoms in total. The number of rotatable bonds is 1.